The number of hydrogen-bond donors (Lipinski definition) is 0. The van der Waals surface area contributed by atoms with E-state index >= 15 is 0 Å². The predicted molar refractivity (Wildman–Crippen MR) is 74.8 cm³/mol. The minimum Gasteiger partial charge on any atom is -0.444 e. The first kappa shape index (κ1) is 14.1. The Morgan fingerprint density at radius 3 is 2.68 bits per heavy atom. The van der Waals surface area contributed by atoms with Gasteiger partial charge in [0.25, 0.3) is 0 Å². The molecular formula is C14H19NO3S. The molecule has 0 aliphatic carbocycles. The van der Waals surface area contributed by atoms with Crippen LogP contribution in [0.4, 0.5) is 4.79 Å². The average Bonchev–Trinajstić information content (AvgIpc) is 2.63. The van der Waals surface area contributed by atoms with Gasteiger partial charge in [-0.05, 0) is 45.2 Å². The maximum Gasteiger partial charge on any atom is 0.410 e. The molecule has 19 heavy (non-hydrogen) atoms. The predicted octanol–water partition coefficient (Wildman–Crippen LogP) is 3.16. The summed E-state index contributed by atoms with van der Waals surface area (Å²) in [5.41, 5.74) is 1.82. The van der Waals surface area contributed by atoms with Gasteiger partial charge in [-0.3, -0.25) is 4.79 Å². The van der Waals surface area contributed by atoms with Crippen LogP contribution in [0.1, 0.15) is 46.4 Å². The van der Waals surface area contributed by atoms with Crippen LogP contribution < -0.4 is 0 Å². The van der Waals surface area contributed by atoms with Crippen LogP contribution in [0.3, 0.4) is 0 Å². The molecule has 1 aromatic heterocycles. The van der Waals surface area contributed by atoms with E-state index in [0.717, 1.165) is 28.0 Å². The summed E-state index contributed by atoms with van der Waals surface area (Å²) in [4.78, 5) is 26.6. The number of rotatable bonds is 1. The number of aldehydes is 1. The third kappa shape index (κ3) is 2.97. The summed E-state index contributed by atoms with van der Waals surface area (Å²) >= 11 is 1.48. The number of carbonyl (C=O) groups is 2. The Kier molecular flexibility index (Phi) is 3.67. The van der Waals surface area contributed by atoms with Crippen molar-refractivity contribution in [1.29, 1.82) is 0 Å². The molecule has 0 fully saturated rings. The lowest BCUT2D eigenvalue weighted by molar-refractivity contribution is 0.0226. The summed E-state index contributed by atoms with van der Waals surface area (Å²) in [7, 11) is 0. The molecule has 0 unspecified atom stereocenters. The Balaban J connectivity index is 2.14. The minimum atomic E-state index is -0.476. The van der Waals surface area contributed by atoms with Gasteiger partial charge in [-0.15, -0.1) is 11.3 Å². The summed E-state index contributed by atoms with van der Waals surface area (Å²) in [5.74, 6) is 0. The molecule has 0 N–H and O–H groups in total. The highest BCUT2D eigenvalue weighted by Crippen LogP contribution is 2.32. The van der Waals surface area contributed by atoms with E-state index in [4.69, 9.17) is 4.74 Å². The molecule has 104 valence electrons. The number of carbonyl (C=O) groups excluding carboxylic acids is 2. The van der Waals surface area contributed by atoms with Gasteiger partial charge in [-0.1, -0.05) is 0 Å². The number of ether oxygens (including phenoxy) is 1. The standard InChI is InChI=1S/C14H19NO3S/c1-9-10-5-6-15(13(17)18-14(2,3)4)7-11(10)19-12(9)8-16/h8H,5-7H2,1-4H3. The smallest absolute Gasteiger partial charge is 0.410 e. The van der Waals surface area contributed by atoms with Crippen molar-refractivity contribution in [2.75, 3.05) is 6.54 Å². The lowest BCUT2D eigenvalue weighted by Crippen LogP contribution is -2.39. The normalized spacial score (nSPS) is 15.1. The quantitative estimate of drug-likeness (QED) is 0.743. The fourth-order valence-corrected chi connectivity index (χ4v) is 3.37. The molecule has 0 spiro atoms. The first-order chi connectivity index (χ1) is 8.81. The van der Waals surface area contributed by atoms with Crippen LogP contribution in [-0.4, -0.2) is 29.4 Å². The van der Waals surface area contributed by atoms with Gasteiger partial charge >= 0.3 is 6.09 Å². The molecular weight excluding hydrogens is 262 g/mol. The Bertz CT molecular complexity index is 513. The van der Waals surface area contributed by atoms with Gasteiger partial charge in [0.05, 0.1) is 11.4 Å². The van der Waals surface area contributed by atoms with Gasteiger partial charge in [0.15, 0.2) is 6.29 Å². The number of nitrogens with zero attached hydrogens (tertiary/aromatic N) is 1. The van der Waals surface area contributed by atoms with Gasteiger partial charge < -0.3 is 9.64 Å². The molecule has 0 saturated carbocycles. The molecule has 4 nitrogen and oxygen atoms in total. The molecule has 0 saturated heterocycles. The van der Waals surface area contributed by atoms with Crippen LogP contribution in [-0.2, 0) is 17.7 Å². The van der Waals surface area contributed by atoms with Gasteiger partial charge in [0.1, 0.15) is 5.60 Å². The highest BCUT2D eigenvalue weighted by molar-refractivity contribution is 7.14. The van der Waals surface area contributed by atoms with E-state index in [9.17, 15) is 9.59 Å². The van der Waals surface area contributed by atoms with Gasteiger partial charge in [-0.25, -0.2) is 4.79 Å². The number of hydrogen-bond acceptors (Lipinski definition) is 4. The van der Waals surface area contributed by atoms with Crippen molar-refractivity contribution in [1.82, 2.24) is 4.90 Å². The van der Waals surface area contributed by atoms with Crippen LogP contribution in [0.2, 0.25) is 0 Å². The summed E-state index contributed by atoms with van der Waals surface area (Å²) in [6.07, 6.45) is 1.41. The zero-order valence-electron chi connectivity index (χ0n) is 11.8. The van der Waals surface area contributed by atoms with Crippen molar-refractivity contribution in [2.24, 2.45) is 0 Å². The first-order valence-corrected chi connectivity index (χ1v) is 7.17. The van der Waals surface area contributed by atoms with Gasteiger partial charge in [-0.2, -0.15) is 0 Å². The van der Waals surface area contributed by atoms with Crippen molar-refractivity contribution < 1.29 is 14.3 Å². The van der Waals surface area contributed by atoms with Crippen LogP contribution in [0.5, 0.6) is 0 Å². The lowest BCUT2D eigenvalue weighted by atomic mass is 10.0. The fourth-order valence-electron chi connectivity index (χ4n) is 2.18. The van der Waals surface area contributed by atoms with E-state index in [1.54, 1.807) is 4.90 Å². The van der Waals surface area contributed by atoms with Crippen molar-refractivity contribution >= 4 is 23.7 Å². The SMILES string of the molecule is Cc1c(C=O)sc2c1CCN(C(=O)OC(C)(C)C)C2. The molecule has 2 heterocycles. The van der Waals surface area contributed by atoms with E-state index in [2.05, 4.69) is 0 Å². The number of amides is 1. The molecule has 5 heteroatoms. The summed E-state index contributed by atoms with van der Waals surface area (Å²) in [6, 6.07) is 0. The molecule has 1 aliphatic rings. The Hall–Kier alpha value is -1.36. The van der Waals surface area contributed by atoms with E-state index in [1.807, 2.05) is 27.7 Å². The van der Waals surface area contributed by atoms with Crippen molar-refractivity contribution in [2.45, 2.75) is 46.3 Å². The van der Waals surface area contributed by atoms with E-state index < -0.39 is 5.60 Å². The van der Waals surface area contributed by atoms with Crippen molar-refractivity contribution in [3.8, 4) is 0 Å². The summed E-state index contributed by atoms with van der Waals surface area (Å²) in [6.45, 7) is 8.75. The van der Waals surface area contributed by atoms with E-state index in [-0.39, 0.29) is 6.09 Å². The Morgan fingerprint density at radius 1 is 1.42 bits per heavy atom. The first-order valence-electron chi connectivity index (χ1n) is 6.36. The van der Waals surface area contributed by atoms with E-state index in [1.165, 1.54) is 16.9 Å². The summed E-state index contributed by atoms with van der Waals surface area (Å²) in [5, 5.41) is 0. The molecule has 0 bridgehead atoms. The van der Waals surface area contributed by atoms with Gasteiger partial charge in [0, 0.05) is 11.4 Å². The van der Waals surface area contributed by atoms with E-state index in [0.29, 0.717) is 13.1 Å². The largest absolute Gasteiger partial charge is 0.444 e. The third-order valence-corrected chi connectivity index (χ3v) is 4.36. The van der Waals surface area contributed by atoms with Crippen molar-refractivity contribution in [3.05, 3.63) is 20.9 Å². The maximum absolute atomic E-state index is 12.0. The second kappa shape index (κ2) is 4.96. The van der Waals surface area contributed by atoms with Crippen LogP contribution >= 0.6 is 11.3 Å². The second-order valence-electron chi connectivity index (χ2n) is 5.76. The Labute approximate surface area is 117 Å². The molecule has 0 atom stereocenters. The lowest BCUT2D eigenvalue weighted by Gasteiger charge is -2.30. The Morgan fingerprint density at radius 2 is 2.11 bits per heavy atom. The van der Waals surface area contributed by atoms with Crippen molar-refractivity contribution in [3.63, 3.8) is 0 Å². The highest BCUT2D eigenvalue weighted by atomic mass is 32.1. The zero-order chi connectivity index (χ0) is 14.2. The number of fused-ring (bicyclic) bond motifs is 1. The van der Waals surface area contributed by atoms with Crippen LogP contribution in [0.15, 0.2) is 0 Å². The summed E-state index contributed by atoms with van der Waals surface area (Å²) < 4.78 is 5.38. The minimum absolute atomic E-state index is 0.281. The fraction of sp³-hybridized carbons (Fsp3) is 0.571. The molecule has 1 amide bonds. The zero-order valence-corrected chi connectivity index (χ0v) is 12.6. The average molecular weight is 281 g/mol. The molecule has 2 rings (SSSR count). The second-order valence-corrected chi connectivity index (χ2v) is 6.90. The highest BCUT2D eigenvalue weighted by Gasteiger charge is 2.28. The monoisotopic (exact) mass is 281 g/mol. The topological polar surface area (TPSA) is 46.6 Å². The van der Waals surface area contributed by atoms with Gasteiger partial charge in [0.2, 0.25) is 0 Å². The molecule has 0 aromatic carbocycles. The van der Waals surface area contributed by atoms with Crippen LogP contribution in [0.25, 0.3) is 0 Å². The molecule has 0 radical (unpaired) electrons. The number of thiophene rings is 1. The maximum atomic E-state index is 12.0. The third-order valence-electron chi connectivity index (χ3n) is 3.12. The molecule has 1 aromatic rings. The van der Waals surface area contributed by atoms with Crippen LogP contribution in [0, 0.1) is 6.92 Å². The molecule has 1 aliphatic heterocycles.